The Balaban J connectivity index is 1.46. The molecule has 3 aromatic rings. The van der Waals surface area contributed by atoms with Gasteiger partial charge in [-0.15, -0.1) is 0 Å². The Bertz CT molecular complexity index is 1310. The third-order valence-electron chi connectivity index (χ3n) is 7.34. The largest absolute Gasteiger partial charge is 0.364 e. The fourth-order valence-electron chi connectivity index (χ4n) is 5.46. The van der Waals surface area contributed by atoms with E-state index in [-0.39, 0.29) is 17.4 Å². The zero-order chi connectivity index (χ0) is 23.2. The third kappa shape index (κ3) is 3.67. The Labute approximate surface area is 195 Å². The molecule has 0 saturated carbocycles. The van der Waals surface area contributed by atoms with Crippen molar-refractivity contribution in [2.75, 3.05) is 26.2 Å². The fraction of sp³-hybridized carbons (Fsp3) is 0.417. The minimum Gasteiger partial charge on any atom is -0.364 e. The quantitative estimate of drug-likeness (QED) is 0.560. The predicted octanol–water partition coefficient (Wildman–Crippen LogP) is 1.03. The van der Waals surface area contributed by atoms with Crippen LogP contribution in [0.3, 0.4) is 0 Å². The monoisotopic (exact) mass is 468 g/mol. The smallest absolute Gasteiger partial charge is 0.278 e. The minimum atomic E-state index is -0.611. The number of hydrogen-bond acceptors (Lipinski definition) is 4. The number of carbonyl (C=O) groups excluding carboxylic acids is 2. The molecule has 172 valence electrons. The number of carbonyl (C=O) groups is 2. The summed E-state index contributed by atoms with van der Waals surface area (Å²) in [7, 11) is 0. The number of primary amides is 1. The molecule has 1 aromatic carbocycles. The van der Waals surface area contributed by atoms with Crippen LogP contribution >= 0.6 is 11.6 Å². The molecule has 33 heavy (non-hydrogen) atoms. The number of fused-ring (bicyclic) bond motifs is 2. The summed E-state index contributed by atoms with van der Waals surface area (Å²) in [5.41, 5.74) is 6.19. The number of likely N-dealkylation sites (tertiary alicyclic amines) is 2. The van der Waals surface area contributed by atoms with Crippen LogP contribution in [0.15, 0.2) is 41.3 Å². The van der Waals surface area contributed by atoms with Gasteiger partial charge in [0, 0.05) is 37.2 Å². The SMILES string of the molecule is NC(=O)C1([NH+]2CCCCC2)CCN(C(=O)c2cccn3c(=O)c4cc(Cl)ccc4nc23)CC1. The Morgan fingerprint density at radius 3 is 2.52 bits per heavy atom. The van der Waals surface area contributed by atoms with E-state index in [0.717, 1.165) is 25.9 Å². The normalized spacial score (nSPS) is 19.1. The molecule has 8 nitrogen and oxygen atoms in total. The number of benzene rings is 1. The second kappa shape index (κ2) is 8.43. The first kappa shape index (κ1) is 21.9. The summed E-state index contributed by atoms with van der Waals surface area (Å²) in [5.74, 6) is -0.463. The number of nitrogens with two attached hydrogens (primary N) is 1. The Morgan fingerprint density at radius 1 is 1.09 bits per heavy atom. The van der Waals surface area contributed by atoms with E-state index in [1.54, 1.807) is 41.4 Å². The van der Waals surface area contributed by atoms with E-state index < -0.39 is 5.54 Å². The second-order valence-corrected chi connectivity index (χ2v) is 9.53. The van der Waals surface area contributed by atoms with Crippen LogP contribution < -0.4 is 16.2 Å². The molecule has 0 radical (unpaired) electrons. The first-order valence-corrected chi connectivity index (χ1v) is 11.8. The van der Waals surface area contributed by atoms with Gasteiger partial charge in [0.15, 0.2) is 11.2 Å². The number of halogens is 1. The van der Waals surface area contributed by atoms with E-state index in [9.17, 15) is 14.4 Å². The average molecular weight is 469 g/mol. The van der Waals surface area contributed by atoms with Crippen molar-refractivity contribution in [1.29, 1.82) is 0 Å². The molecule has 5 rings (SSSR count). The van der Waals surface area contributed by atoms with Gasteiger partial charge in [-0.3, -0.25) is 18.8 Å². The minimum absolute atomic E-state index is 0.194. The summed E-state index contributed by atoms with van der Waals surface area (Å²) in [6, 6.07) is 8.31. The van der Waals surface area contributed by atoms with E-state index in [1.165, 1.54) is 15.7 Å². The van der Waals surface area contributed by atoms with Gasteiger partial charge in [0.05, 0.1) is 29.6 Å². The maximum atomic E-state index is 13.5. The second-order valence-electron chi connectivity index (χ2n) is 9.10. The molecule has 9 heteroatoms. The average Bonchev–Trinajstić information content (AvgIpc) is 2.84. The molecule has 2 aromatic heterocycles. The van der Waals surface area contributed by atoms with Gasteiger partial charge in [-0.05, 0) is 49.6 Å². The van der Waals surface area contributed by atoms with Gasteiger partial charge in [-0.1, -0.05) is 11.6 Å². The number of rotatable bonds is 3. The molecule has 2 saturated heterocycles. The van der Waals surface area contributed by atoms with Gasteiger partial charge in [0.1, 0.15) is 0 Å². The molecular formula is C24H27ClN5O3+. The van der Waals surface area contributed by atoms with Crippen LogP contribution in [-0.4, -0.2) is 57.8 Å². The van der Waals surface area contributed by atoms with E-state index in [2.05, 4.69) is 4.98 Å². The van der Waals surface area contributed by atoms with Gasteiger partial charge in [-0.25, -0.2) is 4.98 Å². The topological polar surface area (TPSA) is 102 Å². The van der Waals surface area contributed by atoms with Crippen LogP contribution in [-0.2, 0) is 4.79 Å². The number of nitrogens with zero attached hydrogens (tertiary/aromatic N) is 3. The van der Waals surface area contributed by atoms with Gasteiger partial charge < -0.3 is 15.5 Å². The number of quaternary nitrogens is 1. The summed E-state index contributed by atoms with van der Waals surface area (Å²) in [6.45, 7) is 2.79. The van der Waals surface area contributed by atoms with Crippen molar-refractivity contribution < 1.29 is 14.5 Å². The lowest BCUT2D eigenvalue weighted by Crippen LogP contribution is -3.22. The molecule has 0 atom stereocenters. The van der Waals surface area contributed by atoms with Crippen LogP contribution in [0.2, 0.25) is 5.02 Å². The maximum absolute atomic E-state index is 13.5. The number of amides is 2. The number of hydrogen-bond donors (Lipinski definition) is 2. The highest BCUT2D eigenvalue weighted by Gasteiger charge is 2.49. The van der Waals surface area contributed by atoms with E-state index >= 15 is 0 Å². The van der Waals surface area contributed by atoms with Crippen molar-refractivity contribution in [3.63, 3.8) is 0 Å². The number of piperidine rings is 2. The highest BCUT2D eigenvalue weighted by atomic mass is 35.5. The summed E-state index contributed by atoms with van der Waals surface area (Å²) >= 11 is 6.06. The molecule has 3 N–H and O–H groups in total. The molecule has 4 heterocycles. The van der Waals surface area contributed by atoms with Crippen molar-refractivity contribution in [1.82, 2.24) is 14.3 Å². The Kier molecular flexibility index (Phi) is 5.58. The summed E-state index contributed by atoms with van der Waals surface area (Å²) in [5, 5.41) is 0.856. The van der Waals surface area contributed by atoms with Gasteiger partial charge >= 0.3 is 0 Å². The molecule has 0 spiro atoms. The van der Waals surface area contributed by atoms with E-state index in [1.807, 2.05) is 0 Å². The predicted molar refractivity (Wildman–Crippen MR) is 126 cm³/mol. The highest BCUT2D eigenvalue weighted by Crippen LogP contribution is 2.24. The van der Waals surface area contributed by atoms with Crippen molar-refractivity contribution >= 4 is 40.0 Å². The Hall–Kier alpha value is -2.97. The van der Waals surface area contributed by atoms with E-state index in [0.29, 0.717) is 53.1 Å². The number of nitrogens with one attached hydrogen (secondary N) is 1. The molecule has 2 aliphatic heterocycles. The standard InChI is InChI=1S/C24H26ClN5O3/c25-16-6-7-19-18(15-16)22(32)30-12-4-5-17(20(30)27-19)21(31)28-13-8-24(9-14-28,23(26)33)29-10-2-1-3-11-29/h4-7,12,15H,1-3,8-11,13-14H2,(H2,26,33)/p+1. The molecular weight excluding hydrogens is 442 g/mol. The lowest BCUT2D eigenvalue weighted by Gasteiger charge is -2.45. The lowest BCUT2D eigenvalue weighted by atomic mass is 9.83. The molecule has 2 fully saturated rings. The first-order valence-electron chi connectivity index (χ1n) is 11.5. The van der Waals surface area contributed by atoms with Crippen molar-refractivity contribution in [2.45, 2.75) is 37.6 Å². The maximum Gasteiger partial charge on any atom is 0.278 e. The summed E-state index contributed by atoms with van der Waals surface area (Å²) in [4.78, 5) is 46.6. The van der Waals surface area contributed by atoms with Crippen LogP contribution in [0, 0.1) is 0 Å². The van der Waals surface area contributed by atoms with E-state index in [4.69, 9.17) is 17.3 Å². The first-order chi connectivity index (χ1) is 15.9. The van der Waals surface area contributed by atoms with Crippen LogP contribution in [0.5, 0.6) is 0 Å². The lowest BCUT2D eigenvalue weighted by molar-refractivity contribution is -0.948. The third-order valence-corrected chi connectivity index (χ3v) is 7.58. The van der Waals surface area contributed by atoms with Gasteiger partial charge in [0.25, 0.3) is 17.4 Å². The number of pyridine rings is 1. The van der Waals surface area contributed by atoms with Crippen LogP contribution in [0.25, 0.3) is 16.6 Å². The van der Waals surface area contributed by atoms with Gasteiger partial charge in [-0.2, -0.15) is 0 Å². The van der Waals surface area contributed by atoms with Crippen LogP contribution in [0.1, 0.15) is 42.5 Å². The molecule has 2 amide bonds. The zero-order valence-corrected chi connectivity index (χ0v) is 19.1. The molecule has 2 aliphatic rings. The van der Waals surface area contributed by atoms with Crippen LogP contribution in [0.4, 0.5) is 0 Å². The molecule has 0 bridgehead atoms. The Morgan fingerprint density at radius 2 is 1.82 bits per heavy atom. The summed E-state index contributed by atoms with van der Waals surface area (Å²) < 4.78 is 1.39. The van der Waals surface area contributed by atoms with Crippen molar-refractivity contribution in [2.24, 2.45) is 5.73 Å². The highest BCUT2D eigenvalue weighted by molar-refractivity contribution is 6.31. The van der Waals surface area contributed by atoms with Crippen molar-refractivity contribution in [3.05, 3.63) is 57.5 Å². The van der Waals surface area contributed by atoms with Gasteiger partial charge in [0.2, 0.25) is 0 Å². The molecule has 0 aliphatic carbocycles. The fourth-order valence-corrected chi connectivity index (χ4v) is 5.63. The molecule has 0 unspecified atom stereocenters. The zero-order valence-electron chi connectivity index (χ0n) is 18.3. The number of aromatic nitrogens is 2. The van der Waals surface area contributed by atoms with Crippen molar-refractivity contribution in [3.8, 4) is 0 Å². The summed E-state index contributed by atoms with van der Waals surface area (Å²) in [6.07, 6.45) is 6.09.